The summed E-state index contributed by atoms with van der Waals surface area (Å²) in [6, 6.07) is 13.9. The number of aryl methyl sites for hydroxylation is 1. The lowest BCUT2D eigenvalue weighted by Gasteiger charge is -2.23. The first-order chi connectivity index (χ1) is 14.7. The van der Waals surface area contributed by atoms with Crippen LogP contribution in [0.2, 0.25) is 0 Å². The number of carbonyl (C=O) groups is 1. The van der Waals surface area contributed by atoms with Crippen LogP contribution in [0.3, 0.4) is 0 Å². The zero-order chi connectivity index (χ0) is 20.5. The highest BCUT2D eigenvalue weighted by Gasteiger charge is 2.26. The Balaban J connectivity index is 1.41. The zero-order valence-electron chi connectivity index (χ0n) is 16.8. The molecule has 8 heteroatoms. The Morgan fingerprint density at radius 3 is 2.93 bits per heavy atom. The summed E-state index contributed by atoms with van der Waals surface area (Å²) in [5, 5.41) is 9.97. The third kappa shape index (κ3) is 3.64. The molecule has 30 heavy (non-hydrogen) atoms. The molecule has 5 rings (SSSR count). The van der Waals surface area contributed by atoms with Gasteiger partial charge in [0, 0.05) is 37.5 Å². The SMILES string of the molecule is Cc1nn(-c2ccccc2)c2sc(C(=O)N3CCCO[C@H](Cn4cccn4)C3)cc12. The Morgan fingerprint density at radius 2 is 2.13 bits per heavy atom. The first kappa shape index (κ1) is 19.0. The summed E-state index contributed by atoms with van der Waals surface area (Å²) in [4.78, 5) is 17.0. The fourth-order valence-corrected chi connectivity index (χ4v) is 5.01. The summed E-state index contributed by atoms with van der Waals surface area (Å²) in [6.45, 7) is 4.56. The molecule has 3 aromatic heterocycles. The molecule has 154 valence electrons. The maximum Gasteiger partial charge on any atom is 0.264 e. The van der Waals surface area contributed by atoms with Crippen LogP contribution in [-0.2, 0) is 11.3 Å². The predicted octanol–water partition coefficient (Wildman–Crippen LogP) is 3.52. The summed E-state index contributed by atoms with van der Waals surface area (Å²) in [6.07, 6.45) is 4.45. The van der Waals surface area contributed by atoms with Crippen molar-refractivity contribution in [2.75, 3.05) is 19.7 Å². The molecular formula is C22H23N5O2S. The number of ether oxygens (including phenoxy) is 1. The van der Waals surface area contributed by atoms with E-state index >= 15 is 0 Å². The van der Waals surface area contributed by atoms with E-state index in [1.807, 2.05) is 69.8 Å². The van der Waals surface area contributed by atoms with E-state index in [1.54, 1.807) is 6.20 Å². The number of nitrogens with zero attached hydrogens (tertiary/aromatic N) is 5. The third-order valence-corrected chi connectivity index (χ3v) is 6.44. The van der Waals surface area contributed by atoms with Gasteiger partial charge in [0.05, 0.1) is 28.9 Å². The molecule has 4 aromatic rings. The fraction of sp³-hybridized carbons (Fsp3) is 0.318. The van der Waals surface area contributed by atoms with Crippen molar-refractivity contribution in [3.8, 4) is 5.69 Å². The Bertz CT molecular complexity index is 1150. The number of aromatic nitrogens is 4. The number of para-hydroxylation sites is 1. The molecule has 0 spiro atoms. The van der Waals surface area contributed by atoms with E-state index in [0.29, 0.717) is 26.2 Å². The van der Waals surface area contributed by atoms with E-state index in [0.717, 1.165) is 32.9 Å². The molecule has 0 N–H and O–H groups in total. The summed E-state index contributed by atoms with van der Waals surface area (Å²) in [7, 11) is 0. The molecule has 1 aromatic carbocycles. The number of carbonyl (C=O) groups excluding carboxylic acids is 1. The van der Waals surface area contributed by atoms with Crippen LogP contribution in [-0.4, -0.2) is 56.2 Å². The van der Waals surface area contributed by atoms with E-state index in [2.05, 4.69) is 10.2 Å². The first-order valence-electron chi connectivity index (χ1n) is 10.1. The molecule has 0 radical (unpaired) electrons. The molecule has 1 aliphatic rings. The Morgan fingerprint density at radius 1 is 1.27 bits per heavy atom. The number of benzene rings is 1. The molecule has 0 bridgehead atoms. The standard InChI is InChI=1S/C22H23N5O2S/c1-16-19-13-20(30-22(19)27(24-16)17-7-3-2-4-8-17)21(28)25-10-6-12-29-18(14-25)15-26-11-5-9-23-26/h2-5,7-9,11,13,18H,6,10,12,14-15H2,1H3/t18-/m0/s1. The van der Waals surface area contributed by atoms with Crippen LogP contribution in [0.4, 0.5) is 0 Å². The number of amides is 1. The van der Waals surface area contributed by atoms with Crippen molar-refractivity contribution < 1.29 is 9.53 Å². The summed E-state index contributed by atoms with van der Waals surface area (Å²) in [5.74, 6) is 0.0613. The summed E-state index contributed by atoms with van der Waals surface area (Å²) in [5.41, 5.74) is 1.93. The van der Waals surface area contributed by atoms with Gasteiger partial charge in [0.25, 0.3) is 5.91 Å². The number of hydrogen-bond donors (Lipinski definition) is 0. The molecule has 7 nitrogen and oxygen atoms in total. The van der Waals surface area contributed by atoms with Crippen LogP contribution in [0, 0.1) is 6.92 Å². The Labute approximate surface area is 178 Å². The van der Waals surface area contributed by atoms with Crippen molar-refractivity contribution in [3.63, 3.8) is 0 Å². The number of hydrogen-bond acceptors (Lipinski definition) is 5. The summed E-state index contributed by atoms with van der Waals surface area (Å²) < 4.78 is 9.75. The van der Waals surface area contributed by atoms with E-state index in [-0.39, 0.29) is 12.0 Å². The average molecular weight is 422 g/mol. The van der Waals surface area contributed by atoms with Gasteiger partial charge in [-0.3, -0.25) is 9.48 Å². The normalized spacial score (nSPS) is 17.4. The monoisotopic (exact) mass is 421 g/mol. The van der Waals surface area contributed by atoms with Crippen molar-refractivity contribution in [1.29, 1.82) is 0 Å². The second kappa shape index (κ2) is 8.04. The molecular weight excluding hydrogens is 398 g/mol. The molecule has 4 heterocycles. The van der Waals surface area contributed by atoms with Gasteiger partial charge in [-0.1, -0.05) is 18.2 Å². The van der Waals surface area contributed by atoms with E-state index < -0.39 is 0 Å². The van der Waals surface area contributed by atoms with E-state index in [9.17, 15) is 4.79 Å². The fourth-order valence-electron chi connectivity index (χ4n) is 3.86. The van der Waals surface area contributed by atoms with Crippen molar-refractivity contribution in [2.24, 2.45) is 0 Å². The molecule has 0 unspecified atom stereocenters. The first-order valence-corrected chi connectivity index (χ1v) is 10.9. The summed E-state index contributed by atoms with van der Waals surface area (Å²) >= 11 is 1.51. The van der Waals surface area contributed by atoms with E-state index in [1.165, 1.54) is 11.3 Å². The van der Waals surface area contributed by atoms with Crippen LogP contribution < -0.4 is 0 Å². The topological polar surface area (TPSA) is 65.2 Å². The molecule has 1 amide bonds. The lowest BCUT2D eigenvalue weighted by Crippen LogP contribution is -2.38. The largest absolute Gasteiger partial charge is 0.374 e. The molecule has 0 saturated carbocycles. The van der Waals surface area contributed by atoms with Gasteiger partial charge < -0.3 is 9.64 Å². The van der Waals surface area contributed by atoms with Gasteiger partial charge >= 0.3 is 0 Å². The predicted molar refractivity (Wildman–Crippen MR) is 116 cm³/mol. The molecule has 1 saturated heterocycles. The van der Waals surface area contributed by atoms with Crippen molar-refractivity contribution in [2.45, 2.75) is 26.0 Å². The average Bonchev–Trinajstić information content (AvgIpc) is 3.45. The Kier molecular flexibility index (Phi) is 5.10. The quantitative estimate of drug-likeness (QED) is 0.506. The Hall–Kier alpha value is -2.97. The number of thiophene rings is 1. The van der Waals surface area contributed by atoms with Crippen molar-refractivity contribution in [3.05, 3.63) is 65.4 Å². The van der Waals surface area contributed by atoms with Gasteiger partial charge in [0.2, 0.25) is 0 Å². The number of fused-ring (bicyclic) bond motifs is 1. The van der Waals surface area contributed by atoms with Crippen LogP contribution in [0.5, 0.6) is 0 Å². The molecule has 1 fully saturated rings. The lowest BCUT2D eigenvalue weighted by atomic mass is 10.2. The minimum absolute atomic E-state index is 0.0613. The minimum atomic E-state index is -0.0627. The van der Waals surface area contributed by atoms with Gasteiger partial charge in [-0.25, -0.2) is 4.68 Å². The van der Waals surface area contributed by atoms with E-state index in [4.69, 9.17) is 4.74 Å². The third-order valence-electron chi connectivity index (χ3n) is 5.34. The lowest BCUT2D eigenvalue weighted by molar-refractivity contribution is 0.0369. The van der Waals surface area contributed by atoms with Gasteiger partial charge in [0.1, 0.15) is 4.83 Å². The zero-order valence-corrected chi connectivity index (χ0v) is 17.6. The smallest absolute Gasteiger partial charge is 0.264 e. The highest BCUT2D eigenvalue weighted by Crippen LogP contribution is 2.31. The molecule has 1 aliphatic heterocycles. The van der Waals surface area contributed by atoms with Crippen LogP contribution >= 0.6 is 11.3 Å². The second-order valence-electron chi connectivity index (χ2n) is 7.49. The van der Waals surface area contributed by atoms with Gasteiger partial charge in [-0.15, -0.1) is 11.3 Å². The molecule has 0 aliphatic carbocycles. The highest BCUT2D eigenvalue weighted by atomic mass is 32.1. The minimum Gasteiger partial charge on any atom is -0.374 e. The maximum atomic E-state index is 13.4. The van der Waals surface area contributed by atoms with Gasteiger partial charge in [0.15, 0.2) is 0 Å². The number of rotatable bonds is 4. The van der Waals surface area contributed by atoms with Crippen molar-refractivity contribution >= 4 is 27.5 Å². The van der Waals surface area contributed by atoms with Gasteiger partial charge in [-0.05, 0) is 37.6 Å². The van der Waals surface area contributed by atoms with Crippen molar-refractivity contribution in [1.82, 2.24) is 24.5 Å². The van der Waals surface area contributed by atoms with Crippen LogP contribution in [0.1, 0.15) is 21.8 Å². The maximum absolute atomic E-state index is 13.4. The highest BCUT2D eigenvalue weighted by molar-refractivity contribution is 7.20. The van der Waals surface area contributed by atoms with Gasteiger partial charge in [-0.2, -0.15) is 10.2 Å². The molecule has 1 atom stereocenters. The van der Waals surface area contributed by atoms with Crippen LogP contribution in [0.15, 0.2) is 54.9 Å². The second-order valence-corrected chi connectivity index (χ2v) is 8.52. The van der Waals surface area contributed by atoms with Crippen LogP contribution in [0.25, 0.3) is 15.9 Å².